The fraction of sp³-hybridized carbons (Fsp3) is 0.800. The number of hydrogen-bond donors (Lipinski definition) is 2. The monoisotopic (exact) mass is 115 g/mol. The summed E-state index contributed by atoms with van der Waals surface area (Å²) in [6.07, 6.45) is 0.968. The molecule has 0 aromatic carbocycles. The third-order valence-corrected chi connectivity index (χ3v) is 1.57. The molecular formula is C5H11N2O+. The Kier molecular flexibility index (Phi) is 1.48. The Morgan fingerprint density at radius 3 is 2.75 bits per heavy atom. The maximum Gasteiger partial charge on any atom is 0.226 e. The van der Waals surface area contributed by atoms with E-state index in [9.17, 15) is 4.79 Å². The highest BCUT2D eigenvalue weighted by Gasteiger charge is 2.22. The number of amides is 1. The first kappa shape index (κ1) is 5.56. The van der Waals surface area contributed by atoms with E-state index in [1.54, 1.807) is 0 Å². The highest BCUT2D eigenvalue weighted by molar-refractivity contribution is 5.76. The first-order chi connectivity index (χ1) is 3.80. The Bertz CT molecular complexity index is 96.6. The second-order valence-corrected chi connectivity index (χ2v) is 2.20. The topological polar surface area (TPSA) is 59.7 Å². The molecule has 1 heterocycles. The molecule has 0 aromatic rings. The minimum Gasteiger partial charge on any atom is -0.369 e. The lowest BCUT2D eigenvalue weighted by molar-refractivity contribution is -0.637. The average molecular weight is 115 g/mol. The summed E-state index contributed by atoms with van der Waals surface area (Å²) >= 11 is 0. The van der Waals surface area contributed by atoms with Crippen molar-refractivity contribution in [1.82, 2.24) is 0 Å². The Morgan fingerprint density at radius 1 is 1.75 bits per heavy atom. The van der Waals surface area contributed by atoms with Crippen LogP contribution in [0.4, 0.5) is 0 Å². The summed E-state index contributed by atoms with van der Waals surface area (Å²) in [6, 6.07) is 0. The van der Waals surface area contributed by atoms with Gasteiger partial charge >= 0.3 is 0 Å². The van der Waals surface area contributed by atoms with Crippen LogP contribution in [0, 0.1) is 5.92 Å². The Labute approximate surface area is 48.2 Å². The van der Waals surface area contributed by atoms with Gasteiger partial charge in [-0.3, -0.25) is 4.79 Å². The molecule has 3 heteroatoms. The summed E-state index contributed by atoms with van der Waals surface area (Å²) < 4.78 is 0. The third kappa shape index (κ3) is 0.980. The van der Waals surface area contributed by atoms with Crippen molar-refractivity contribution in [3.63, 3.8) is 0 Å². The van der Waals surface area contributed by atoms with Gasteiger partial charge < -0.3 is 11.1 Å². The number of hydrogen-bond acceptors (Lipinski definition) is 1. The van der Waals surface area contributed by atoms with Gasteiger partial charge in [0, 0.05) is 6.42 Å². The van der Waals surface area contributed by atoms with Crippen molar-refractivity contribution in [3.8, 4) is 0 Å². The summed E-state index contributed by atoms with van der Waals surface area (Å²) in [5, 5.41) is 2.12. The molecule has 1 rings (SSSR count). The van der Waals surface area contributed by atoms with Crippen LogP contribution in [0.3, 0.4) is 0 Å². The third-order valence-electron chi connectivity index (χ3n) is 1.57. The molecule has 1 aliphatic heterocycles. The molecule has 1 saturated heterocycles. The molecule has 1 atom stereocenters. The van der Waals surface area contributed by atoms with E-state index in [1.807, 2.05) is 0 Å². The number of quaternary nitrogens is 1. The molecule has 1 fully saturated rings. The Morgan fingerprint density at radius 2 is 2.50 bits per heavy atom. The second-order valence-electron chi connectivity index (χ2n) is 2.20. The van der Waals surface area contributed by atoms with Gasteiger partial charge in [0.2, 0.25) is 5.91 Å². The predicted octanol–water partition coefficient (Wildman–Crippen LogP) is -1.94. The molecule has 0 saturated carbocycles. The van der Waals surface area contributed by atoms with Gasteiger partial charge in [-0.15, -0.1) is 0 Å². The van der Waals surface area contributed by atoms with Crippen LogP contribution in [-0.2, 0) is 4.79 Å². The molecule has 46 valence electrons. The number of nitrogens with two attached hydrogens (primary N) is 2. The van der Waals surface area contributed by atoms with E-state index in [2.05, 4.69) is 5.32 Å². The first-order valence-corrected chi connectivity index (χ1v) is 2.91. The lowest BCUT2D eigenvalue weighted by Gasteiger charge is -1.94. The quantitative estimate of drug-likeness (QED) is 0.410. The van der Waals surface area contributed by atoms with E-state index in [1.165, 1.54) is 0 Å². The summed E-state index contributed by atoms with van der Waals surface area (Å²) in [7, 11) is 0. The highest BCUT2D eigenvalue weighted by atomic mass is 16.1. The van der Waals surface area contributed by atoms with Crippen molar-refractivity contribution in [1.29, 1.82) is 0 Å². The standard InChI is InChI=1S/C5H10N2O/c6-5(8)4-1-2-7-3-4/h4,7H,1-3H2,(H2,6,8)/p+1/t4-/m0/s1. The lowest BCUT2D eigenvalue weighted by Crippen LogP contribution is -2.81. The zero-order valence-corrected chi connectivity index (χ0v) is 4.76. The number of carbonyl (C=O) groups is 1. The zero-order chi connectivity index (χ0) is 5.98. The highest BCUT2D eigenvalue weighted by Crippen LogP contribution is 1.99. The number of primary amides is 1. The fourth-order valence-electron chi connectivity index (χ4n) is 1.01. The average Bonchev–Trinajstić information content (AvgIpc) is 2.12. The van der Waals surface area contributed by atoms with Gasteiger partial charge in [-0.1, -0.05) is 0 Å². The molecule has 8 heavy (non-hydrogen) atoms. The number of rotatable bonds is 1. The molecule has 0 unspecified atom stereocenters. The van der Waals surface area contributed by atoms with Crippen LogP contribution in [0.1, 0.15) is 6.42 Å². The Balaban J connectivity index is 2.35. The minimum atomic E-state index is -0.140. The van der Waals surface area contributed by atoms with Crippen molar-refractivity contribution in [2.45, 2.75) is 6.42 Å². The molecule has 0 radical (unpaired) electrons. The van der Waals surface area contributed by atoms with Crippen LogP contribution in [0.15, 0.2) is 0 Å². The molecule has 3 nitrogen and oxygen atoms in total. The minimum absolute atomic E-state index is 0.140. The van der Waals surface area contributed by atoms with E-state index in [0.29, 0.717) is 0 Å². The molecular weight excluding hydrogens is 104 g/mol. The first-order valence-electron chi connectivity index (χ1n) is 2.91. The summed E-state index contributed by atoms with van der Waals surface area (Å²) in [5.41, 5.74) is 5.04. The second kappa shape index (κ2) is 2.13. The van der Waals surface area contributed by atoms with Crippen molar-refractivity contribution >= 4 is 5.91 Å². The van der Waals surface area contributed by atoms with Gasteiger partial charge in [0.15, 0.2) is 0 Å². The van der Waals surface area contributed by atoms with Crippen molar-refractivity contribution in [2.24, 2.45) is 11.7 Å². The van der Waals surface area contributed by atoms with Crippen molar-refractivity contribution < 1.29 is 10.1 Å². The van der Waals surface area contributed by atoms with Gasteiger partial charge in [-0.05, 0) is 0 Å². The van der Waals surface area contributed by atoms with E-state index >= 15 is 0 Å². The zero-order valence-electron chi connectivity index (χ0n) is 4.76. The van der Waals surface area contributed by atoms with Gasteiger partial charge in [0.05, 0.1) is 19.0 Å². The van der Waals surface area contributed by atoms with Crippen LogP contribution < -0.4 is 11.1 Å². The van der Waals surface area contributed by atoms with Crippen molar-refractivity contribution in [2.75, 3.05) is 13.1 Å². The van der Waals surface area contributed by atoms with E-state index in [-0.39, 0.29) is 11.8 Å². The molecule has 4 N–H and O–H groups in total. The van der Waals surface area contributed by atoms with Crippen LogP contribution >= 0.6 is 0 Å². The smallest absolute Gasteiger partial charge is 0.226 e. The Hall–Kier alpha value is -0.570. The number of carbonyl (C=O) groups excluding carboxylic acids is 1. The molecule has 0 bridgehead atoms. The maximum absolute atomic E-state index is 10.4. The molecule has 1 amide bonds. The molecule has 0 aliphatic carbocycles. The van der Waals surface area contributed by atoms with E-state index < -0.39 is 0 Å². The summed E-state index contributed by atoms with van der Waals surface area (Å²) in [4.78, 5) is 10.4. The fourth-order valence-corrected chi connectivity index (χ4v) is 1.01. The van der Waals surface area contributed by atoms with Gasteiger partial charge in [-0.2, -0.15) is 0 Å². The van der Waals surface area contributed by atoms with Crippen molar-refractivity contribution in [3.05, 3.63) is 0 Å². The van der Waals surface area contributed by atoms with Crippen LogP contribution in [0.5, 0.6) is 0 Å². The van der Waals surface area contributed by atoms with Gasteiger partial charge in [-0.25, -0.2) is 0 Å². The van der Waals surface area contributed by atoms with Crippen LogP contribution in [0.25, 0.3) is 0 Å². The molecule has 0 spiro atoms. The molecule has 0 aromatic heterocycles. The van der Waals surface area contributed by atoms with Crippen LogP contribution in [-0.4, -0.2) is 19.0 Å². The van der Waals surface area contributed by atoms with E-state index in [4.69, 9.17) is 5.73 Å². The van der Waals surface area contributed by atoms with E-state index in [0.717, 1.165) is 19.5 Å². The maximum atomic E-state index is 10.4. The van der Waals surface area contributed by atoms with Gasteiger partial charge in [0.25, 0.3) is 0 Å². The molecule has 1 aliphatic rings. The predicted molar refractivity (Wildman–Crippen MR) is 29.0 cm³/mol. The lowest BCUT2D eigenvalue weighted by atomic mass is 10.1. The summed E-state index contributed by atoms with van der Waals surface area (Å²) in [5.74, 6) is 0.00810. The van der Waals surface area contributed by atoms with Crippen LogP contribution in [0.2, 0.25) is 0 Å². The summed E-state index contributed by atoms with van der Waals surface area (Å²) in [6.45, 7) is 1.96. The SMILES string of the molecule is NC(=O)[C@H]1CC[NH2+]C1. The van der Waals surface area contributed by atoms with Gasteiger partial charge in [0.1, 0.15) is 0 Å². The largest absolute Gasteiger partial charge is 0.369 e. The normalized spacial score (nSPS) is 28.2.